The van der Waals surface area contributed by atoms with Gasteiger partial charge in [-0.1, -0.05) is 48.3 Å². The molecule has 2 N–H and O–H groups in total. The van der Waals surface area contributed by atoms with Crippen molar-refractivity contribution in [3.63, 3.8) is 0 Å². The Morgan fingerprint density at radius 2 is 1.78 bits per heavy atom. The van der Waals surface area contributed by atoms with Crippen LogP contribution in [0.2, 0.25) is 5.02 Å². The molecule has 192 valence electrons. The molecule has 0 saturated heterocycles. The lowest BCUT2D eigenvalue weighted by atomic mass is 9.90. The number of hydrogen-bond donors (Lipinski definition) is 2. The van der Waals surface area contributed by atoms with Gasteiger partial charge in [0.2, 0.25) is 5.13 Å². The van der Waals surface area contributed by atoms with Gasteiger partial charge in [-0.15, -0.1) is 10.2 Å². The molecule has 2 heterocycles. The van der Waals surface area contributed by atoms with Crippen molar-refractivity contribution < 1.29 is 21.6 Å². The molecule has 1 unspecified atom stereocenters. The second-order valence-corrected chi connectivity index (χ2v) is 12.2. The number of nitrogens with zero attached hydrogens (tertiary/aromatic N) is 3. The molecule has 0 spiro atoms. The third-order valence-electron chi connectivity index (χ3n) is 6.55. The number of hydrogen-bond acceptors (Lipinski definition) is 7. The zero-order chi connectivity index (χ0) is 25.5. The quantitative estimate of drug-likeness (QED) is 0.384. The number of alkyl halides is 3. The lowest BCUT2D eigenvalue weighted by Gasteiger charge is -2.18. The van der Waals surface area contributed by atoms with Crippen molar-refractivity contribution in [3.05, 3.63) is 57.2 Å². The van der Waals surface area contributed by atoms with Crippen LogP contribution >= 0.6 is 22.9 Å². The van der Waals surface area contributed by atoms with Gasteiger partial charge in [0.1, 0.15) is 10.8 Å². The van der Waals surface area contributed by atoms with Gasteiger partial charge >= 0.3 is 6.18 Å². The summed E-state index contributed by atoms with van der Waals surface area (Å²) in [5, 5.41) is 12.3. The van der Waals surface area contributed by atoms with E-state index in [0.29, 0.717) is 18.8 Å². The first kappa shape index (κ1) is 25.2. The standard InChI is InChI=1S/C23H23ClF3N5O2S2/c24-19-11-16(23(25,26)27)12-28-20(19)29-17-8-14-6-7-18(10-15(14)9-17)36(33,34)32-22-31-30-21(35-22)13-4-2-1-3-5-13/h6-7,10-13,17H,1-5,8-9H2,(H,28,29)(H,31,32). The topological polar surface area (TPSA) is 96.9 Å². The van der Waals surface area contributed by atoms with E-state index in [0.717, 1.165) is 54.1 Å². The number of sulfonamides is 1. The van der Waals surface area contributed by atoms with E-state index in [1.165, 1.54) is 23.8 Å². The minimum atomic E-state index is -4.53. The van der Waals surface area contributed by atoms with E-state index in [1.807, 2.05) is 0 Å². The summed E-state index contributed by atoms with van der Waals surface area (Å²) < 4.78 is 67.1. The van der Waals surface area contributed by atoms with Gasteiger partial charge in [0.25, 0.3) is 10.0 Å². The maximum atomic E-state index is 13.0. The van der Waals surface area contributed by atoms with Crippen molar-refractivity contribution in [1.29, 1.82) is 0 Å². The maximum Gasteiger partial charge on any atom is 0.417 e. The average molecular weight is 558 g/mol. The number of anilines is 2. The summed E-state index contributed by atoms with van der Waals surface area (Å²) in [6.07, 6.45) is 2.86. The first-order valence-electron chi connectivity index (χ1n) is 11.6. The van der Waals surface area contributed by atoms with Crippen molar-refractivity contribution in [2.75, 3.05) is 10.0 Å². The predicted octanol–water partition coefficient (Wildman–Crippen LogP) is 6.03. The molecule has 1 aromatic carbocycles. The number of rotatable bonds is 6. The Bertz CT molecular complexity index is 1370. The van der Waals surface area contributed by atoms with Crippen LogP contribution in [-0.2, 0) is 29.0 Å². The van der Waals surface area contributed by atoms with E-state index >= 15 is 0 Å². The molecule has 36 heavy (non-hydrogen) atoms. The molecule has 3 aromatic rings. The normalized spacial score (nSPS) is 18.7. The van der Waals surface area contributed by atoms with Crippen molar-refractivity contribution in [2.24, 2.45) is 0 Å². The molecule has 13 heteroatoms. The van der Waals surface area contributed by atoms with Crippen LogP contribution < -0.4 is 10.0 Å². The SMILES string of the molecule is O=S(=O)(Nc1nnc(C2CCCCC2)s1)c1ccc2c(c1)CC(Nc1ncc(C(F)(F)F)cc1Cl)C2. The highest BCUT2D eigenvalue weighted by Crippen LogP contribution is 2.36. The van der Waals surface area contributed by atoms with Gasteiger partial charge < -0.3 is 5.32 Å². The van der Waals surface area contributed by atoms with E-state index in [4.69, 9.17) is 11.6 Å². The molecule has 2 aromatic heterocycles. The Morgan fingerprint density at radius 1 is 1.03 bits per heavy atom. The van der Waals surface area contributed by atoms with Gasteiger partial charge in [-0.05, 0) is 55.0 Å². The van der Waals surface area contributed by atoms with E-state index in [9.17, 15) is 21.6 Å². The second-order valence-electron chi connectivity index (χ2n) is 9.12. The van der Waals surface area contributed by atoms with Gasteiger partial charge in [-0.3, -0.25) is 4.72 Å². The van der Waals surface area contributed by atoms with Gasteiger partial charge in [0.05, 0.1) is 15.5 Å². The average Bonchev–Trinajstić information content (AvgIpc) is 3.46. The predicted molar refractivity (Wildman–Crippen MR) is 132 cm³/mol. The lowest BCUT2D eigenvalue weighted by Crippen LogP contribution is -2.20. The maximum absolute atomic E-state index is 13.0. The highest BCUT2D eigenvalue weighted by molar-refractivity contribution is 7.93. The van der Waals surface area contributed by atoms with Crippen LogP contribution in [0.1, 0.15) is 59.7 Å². The van der Waals surface area contributed by atoms with E-state index in [-0.39, 0.29) is 26.9 Å². The fourth-order valence-corrected chi connectivity index (χ4v) is 7.13. The van der Waals surface area contributed by atoms with E-state index in [2.05, 4.69) is 25.2 Å². The Hall–Kier alpha value is -2.44. The second kappa shape index (κ2) is 9.79. The molecule has 0 bridgehead atoms. The fraction of sp³-hybridized carbons (Fsp3) is 0.435. The van der Waals surface area contributed by atoms with E-state index < -0.39 is 21.8 Å². The summed E-state index contributed by atoms with van der Waals surface area (Å²) >= 11 is 7.30. The Morgan fingerprint density at radius 3 is 2.50 bits per heavy atom. The molecule has 0 radical (unpaired) electrons. The van der Waals surface area contributed by atoms with Crippen LogP contribution in [0.4, 0.5) is 24.1 Å². The highest BCUT2D eigenvalue weighted by Gasteiger charge is 2.32. The van der Waals surface area contributed by atoms with Crippen LogP contribution in [0, 0.1) is 0 Å². The molecule has 1 fully saturated rings. The van der Waals surface area contributed by atoms with Crippen LogP contribution in [-0.4, -0.2) is 29.6 Å². The van der Waals surface area contributed by atoms with Crippen LogP contribution in [0.15, 0.2) is 35.4 Å². The van der Waals surface area contributed by atoms with Crippen molar-refractivity contribution in [1.82, 2.24) is 15.2 Å². The van der Waals surface area contributed by atoms with Gasteiger partial charge in [0.15, 0.2) is 0 Å². The molecular formula is C23H23ClF3N5O2S2. The van der Waals surface area contributed by atoms with Gasteiger partial charge in [-0.25, -0.2) is 13.4 Å². The molecule has 5 rings (SSSR count). The third kappa shape index (κ3) is 5.45. The summed E-state index contributed by atoms with van der Waals surface area (Å²) in [4.78, 5) is 3.94. The number of aromatic nitrogens is 3. The summed E-state index contributed by atoms with van der Waals surface area (Å²) in [6, 6.07) is 5.55. The first-order valence-corrected chi connectivity index (χ1v) is 14.2. The molecular weight excluding hydrogens is 535 g/mol. The fourth-order valence-electron chi connectivity index (χ4n) is 4.72. The number of nitrogens with one attached hydrogen (secondary N) is 2. The van der Waals surface area contributed by atoms with Crippen molar-refractivity contribution >= 4 is 43.9 Å². The number of pyridine rings is 1. The molecule has 0 amide bonds. The number of fused-ring (bicyclic) bond motifs is 1. The monoisotopic (exact) mass is 557 g/mol. The summed E-state index contributed by atoms with van der Waals surface area (Å²) in [6.45, 7) is 0. The molecule has 2 aliphatic carbocycles. The Labute approximate surface area is 215 Å². The molecule has 1 saturated carbocycles. The van der Waals surface area contributed by atoms with Crippen LogP contribution in [0.5, 0.6) is 0 Å². The van der Waals surface area contributed by atoms with E-state index in [1.54, 1.807) is 12.1 Å². The largest absolute Gasteiger partial charge is 0.417 e. The van der Waals surface area contributed by atoms with Crippen LogP contribution in [0.3, 0.4) is 0 Å². The number of benzene rings is 1. The van der Waals surface area contributed by atoms with Gasteiger partial charge in [-0.2, -0.15) is 13.2 Å². The molecule has 1 atom stereocenters. The Balaban J connectivity index is 1.26. The van der Waals surface area contributed by atoms with Crippen LogP contribution in [0.25, 0.3) is 0 Å². The molecule has 2 aliphatic rings. The summed E-state index contributed by atoms with van der Waals surface area (Å²) in [5.41, 5.74) is 0.861. The summed E-state index contributed by atoms with van der Waals surface area (Å²) in [7, 11) is -3.86. The van der Waals surface area contributed by atoms with Crippen molar-refractivity contribution in [3.8, 4) is 0 Å². The smallest absolute Gasteiger partial charge is 0.365 e. The zero-order valence-corrected chi connectivity index (χ0v) is 21.4. The minimum absolute atomic E-state index is 0.113. The third-order valence-corrected chi connectivity index (χ3v) is 9.30. The molecule has 0 aliphatic heterocycles. The number of halogens is 4. The minimum Gasteiger partial charge on any atom is -0.365 e. The first-order chi connectivity index (χ1) is 17.1. The summed E-state index contributed by atoms with van der Waals surface area (Å²) in [5.74, 6) is 0.494. The Kier molecular flexibility index (Phi) is 6.86. The lowest BCUT2D eigenvalue weighted by molar-refractivity contribution is -0.137. The molecule has 7 nitrogen and oxygen atoms in total. The highest BCUT2D eigenvalue weighted by atomic mass is 35.5. The van der Waals surface area contributed by atoms with Crippen molar-refractivity contribution in [2.45, 2.75) is 68.0 Å². The van der Waals surface area contributed by atoms with Gasteiger partial charge in [0, 0.05) is 18.2 Å². The zero-order valence-electron chi connectivity index (χ0n) is 19.0.